The standard InChI is InChI=1S/C14H22N4/c1-8-12(15)18(16)13(17-8)14-5-9-2-10(6-14)4-11(3-9)7-14/h9-11H,2-7,15-16H2,1H3. The third kappa shape index (κ3) is 1.24. The highest BCUT2D eigenvalue weighted by molar-refractivity contribution is 5.39. The number of rotatable bonds is 1. The molecule has 0 saturated heterocycles. The molecule has 4 aliphatic carbocycles. The zero-order chi connectivity index (χ0) is 12.5. The van der Waals surface area contributed by atoms with Gasteiger partial charge in [0.05, 0.1) is 5.69 Å². The Kier molecular flexibility index (Phi) is 1.92. The molecule has 0 atom stereocenters. The summed E-state index contributed by atoms with van der Waals surface area (Å²) in [6.07, 6.45) is 8.18. The summed E-state index contributed by atoms with van der Waals surface area (Å²) in [5, 5.41) is 0. The molecule has 1 aromatic heterocycles. The minimum atomic E-state index is 0.242. The summed E-state index contributed by atoms with van der Waals surface area (Å²) >= 11 is 0. The molecule has 18 heavy (non-hydrogen) atoms. The van der Waals surface area contributed by atoms with Crippen LogP contribution < -0.4 is 11.6 Å². The van der Waals surface area contributed by atoms with E-state index < -0.39 is 0 Å². The molecule has 4 nitrogen and oxygen atoms in total. The fourth-order valence-electron chi connectivity index (χ4n) is 5.32. The molecule has 5 rings (SSSR count). The van der Waals surface area contributed by atoms with Crippen LogP contribution in [-0.4, -0.2) is 9.66 Å². The van der Waals surface area contributed by atoms with Crippen molar-refractivity contribution in [3.63, 3.8) is 0 Å². The molecule has 0 aromatic carbocycles. The zero-order valence-corrected chi connectivity index (χ0v) is 11.0. The molecule has 0 aliphatic heterocycles. The first kappa shape index (κ1) is 10.7. The SMILES string of the molecule is Cc1nc(C23CC4CC(CC(C4)C2)C3)n(N)c1N. The van der Waals surface area contributed by atoms with Crippen LogP contribution in [0, 0.1) is 24.7 Å². The first-order chi connectivity index (χ1) is 8.57. The predicted molar refractivity (Wildman–Crippen MR) is 71.4 cm³/mol. The molecule has 0 spiro atoms. The van der Waals surface area contributed by atoms with Crippen molar-refractivity contribution >= 4 is 5.82 Å². The number of hydrogen-bond acceptors (Lipinski definition) is 3. The van der Waals surface area contributed by atoms with Crippen LogP contribution >= 0.6 is 0 Å². The molecule has 4 fully saturated rings. The predicted octanol–water partition coefficient (Wildman–Crippen LogP) is 1.96. The highest BCUT2D eigenvalue weighted by atomic mass is 15.4. The number of nitrogens with two attached hydrogens (primary N) is 2. The summed E-state index contributed by atoms with van der Waals surface area (Å²) in [7, 11) is 0. The molecule has 1 heterocycles. The van der Waals surface area contributed by atoms with E-state index in [1.807, 2.05) is 6.92 Å². The molecular weight excluding hydrogens is 224 g/mol. The molecule has 4 saturated carbocycles. The largest absolute Gasteiger partial charge is 0.382 e. The number of nitrogen functional groups attached to an aromatic ring is 2. The highest BCUT2D eigenvalue weighted by Gasteiger charge is 2.53. The summed E-state index contributed by atoms with van der Waals surface area (Å²) in [5.74, 6) is 10.6. The second-order valence-corrected chi connectivity index (χ2v) is 6.97. The Morgan fingerprint density at radius 1 is 1.11 bits per heavy atom. The van der Waals surface area contributed by atoms with Crippen molar-refractivity contribution in [3.8, 4) is 0 Å². The first-order valence-corrected chi connectivity index (χ1v) is 7.18. The van der Waals surface area contributed by atoms with Gasteiger partial charge >= 0.3 is 0 Å². The van der Waals surface area contributed by atoms with Crippen LogP contribution in [0.1, 0.15) is 50.0 Å². The minimum Gasteiger partial charge on any atom is -0.382 e. The molecule has 4 heteroatoms. The van der Waals surface area contributed by atoms with Crippen molar-refractivity contribution < 1.29 is 0 Å². The van der Waals surface area contributed by atoms with Crippen LogP contribution in [-0.2, 0) is 5.41 Å². The minimum absolute atomic E-state index is 0.242. The first-order valence-electron chi connectivity index (χ1n) is 7.18. The Balaban J connectivity index is 1.81. The van der Waals surface area contributed by atoms with E-state index in [0.29, 0.717) is 5.82 Å². The fourth-order valence-corrected chi connectivity index (χ4v) is 5.32. The Bertz CT molecular complexity index is 467. The molecule has 1 aromatic rings. The van der Waals surface area contributed by atoms with Gasteiger partial charge in [-0.1, -0.05) is 0 Å². The molecule has 0 unspecified atom stereocenters. The number of anilines is 1. The van der Waals surface area contributed by atoms with Crippen molar-refractivity contribution in [2.45, 2.75) is 50.9 Å². The third-order valence-corrected chi connectivity index (χ3v) is 5.64. The van der Waals surface area contributed by atoms with Gasteiger partial charge < -0.3 is 11.6 Å². The quantitative estimate of drug-likeness (QED) is 0.744. The van der Waals surface area contributed by atoms with Gasteiger partial charge in [0.25, 0.3) is 0 Å². The van der Waals surface area contributed by atoms with E-state index in [2.05, 4.69) is 0 Å². The van der Waals surface area contributed by atoms with Crippen LogP contribution in [0.2, 0.25) is 0 Å². The van der Waals surface area contributed by atoms with E-state index in [-0.39, 0.29) is 5.41 Å². The number of imidazole rings is 1. The van der Waals surface area contributed by atoms with Crippen molar-refractivity contribution in [2.75, 3.05) is 11.6 Å². The summed E-state index contributed by atoms with van der Waals surface area (Å²) in [6, 6.07) is 0. The number of nitrogens with zero attached hydrogens (tertiary/aromatic N) is 2. The van der Waals surface area contributed by atoms with Gasteiger partial charge in [0.1, 0.15) is 11.6 Å². The van der Waals surface area contributed by atoms with Gasteiger partial charge in [-0.3, -0.25) is 0 Å². The van der Waals surface area contributed by atoms with Gasteiger partial charge in [-0.2, -0.15) is 0 Å². The normalized spacial score (nSPS) is 41.5. The Morgan fingerprint density at radius 2 is 1.61 bits per heavy atom. The molecular formula is C14H22N4. The van der Waals surface area contributed by atoms with E-state index in [9.17, 15) is 0 Å². The summed E-state index contributed by atoms with van der Waals surface area (Å²) in [5.41, 5.74) is 7.13. The Morgan fingerprint density at radius 3 is 2.00 bits per heavy atom. The van der Waals surface area contributed by atoms with Gasteiger partial charge in [0, 0.05) is 5.41 Å². The lowest BCUT2D eigenvalue weighted by Crippen LogP contribution is -2.50. The average Bonchev–Trinajstić information content (AvgIpc) is 2.56. The third-order valence-electron chi connectivity index (χ3n) is 5.64. The maximum absolute atomic E-state index is 6.15. The molecule has 4 aliphatic rings. The molecule has 0 amide bonds. The van der Waals surface area contributed by atoms with Crippen molar-refractivity contribution in [3.05, 3.63) is 11.5 Å². The molecule has 98 valence electrons. The summed E-state index contributed by atoms with van der Waals surface area (Å²) in [6.45, 7) is 1.96. The van der Waals surface area contributed by atoms with Crippen LogP contribution in [0.3, 0.4) is 0 Å². The van der Waals surface area contributed by atoms with E-state index in [1.165, 1.54) is 38.5 Å². The van der Waals surface area contributed by atoms with Crippen LogP contribution in [0.4, 0.5) is 5.82 Å². The van der Waals surface area contributed by atoms with E-state index >= 15 is 0 Å². The molecule has 4 bridgehead atoms. The number of aryl methyl sites for hydroxylation is 1. The van der Waals surface area contributed by atoms with Gasteiger partial charge in [0.15, 0.2) is 0 Å². The lowest BCUT2D eigenvalue weighted by Gasteiger charge is -2.56. The number of hydrogen-bond donors (Lipinski definition) is 2. The monoisotopic (exact) mass is 246 g/mol. The lowest BCUT2D eigenvalue weighted by atomic mass is 9.49. The Hall–Kier alpha value is -1.19. The van der Waals surface area contributed by atoms with Gasteiger partial charge in [-0.15, -0.1) is 0 Å². The van der Waals surface area contributed by atoms with Gasteiger partial charge in [-0.05, 0) is 63.2 Å². The zero-order valence-electron chi connectivity index (χ0n) is 11.0. The van der Waals surface area contributed by atoms with Gasteiger partial charge in [0.2, 0.25) is 0 Å². The lowest BCUT2D eigenvalue weighted by molar-refractivity contribution is -0.0102. The van der Waals surface area contributed by atoms with Crippen LogP contribution in [0.15, 0.2) is 0 Å². The second-order valence-electron chi connectivity index (χ2n) is 6.97. The van der Waals surface area contributed by atoms with E-state index in [1.54, 1.807) is 4.68 Å². The smallest absolute Gasteiger partial charge is 0.145 e. The van der Waals surface area contributed by atoms with E-state index in [4.69, 9.17) is 16.6 Å². The number of aromatic nitrogens is 2. The second kappa shape index (κ2) is 3.22. The van der Waals surface area contributed by atoms with Crippen molar-refractivity contribution in [1.82, 2.24) is 9.66 Å². The molecule has 0 radical (unpaired) electrons. The van der Waals surface area contributed by atoms with Gasteiger partial charge in [-0.25, -0.2) is 9.66 Å². The topological polar surface area (TPSA) is 69.9 Å². The van der Waals surface area contributed by atoms with Crippen LogP contribution in [0.5, 0.6) is 0 Å². The fraction of sp³-hybridized carbons (Fsp3) is 0.786. The maximum Gasteiger partial charge on any atom is 0.145 e. The van der Waals surface area contributed by atoms with Crippen molar-refractivity contribution in [2.24, 2.45) is 17.8 Å². The maximum atomic E-state index is 6.15. The Labute approximate surface area is 108 Å². The summed E-state index contributed by atoms with van der Waals surface area (Å²) in [4.78, 5) is 4.71. The molecule has 4 N–H and O–H groups in total. The van der Waals surface area contributed by atoms with Crippen LogP contribution in [0.25, 0.3) is 0 Å². The average molecular weight is 246 g/mol. The van der Waals surface area contributed by atoms with E-state index in [0.717, 1.165) is 29.3 Å². The summed E-state index contributed by atoms with van der Waals surface area (Å²) < 4.78 is 1.67. The van der Waals surface area contributed by atoms with Crippen molar-refractivity contribution in [1.29, 1.82) is 0 Å². The highest BCUT2D eigenvalue weighted by Crippen LogP contribution is 2.60.